The molecule has 1 N–H and O–H groups in total. The zero-order chi connectivity index (χ0) is 15.4. The van der Waals surface area contributed by atoms with Gasteiger partial charge in [-0.3, -0.25) is 9.59 Å². The molecule has 1 atom stereocenters. The number of unbranched alkanes of at least 4 members (excludes halogenated alkanes) is 2. The summed E-state index contributed by atoms with van der Waals surface area (Å²) >= 11 is 0. The molecule has 0 radical (unpaired) electrons. The van der Waals surface area contributed by atoms with Crippen LogP contribution in [0.5, 0.6) is 0 Å². The molecule has 0 bridgehead atoms. The molecule has 0 aromatic rings. The van der Waals surface area contributed by atoms with Gasteiger partial charge in [-0.05, 0) is 19.3 Å². The Hall–Kier alpha value is -1.71. The third-order valence-corrected chi connectivity index (χ3v) is 3.54. The number of hydrogen-bond donors (Lipinski definition) is 1. The minimum atomic E-state index is -4.86. The van der Waals surface area contributed by atoms with E-state index in [0.29, 0.717) is 19.3 Å². The maximum atomic E-state index is 12.9. The van der Waals surface area contributed by atoms with Crippen molar-refractivity contribution in [3.63, 3.8) is 0 Å². The first-order valence-electron chi connectivity index (χ1n) is 6.26. The van der Waals surface area contributed by atoms with Crippen molar-refractivity contribution >= 4 is 11.9 Å². The van der Waals surface area contributed by atoms with E-state index in [1.54, 1.807) is 0 Å². The summed E-state index contributed by atoms with van der Waals surface area (Å²) in [7, 11) is 0. The number of rotatable bonds is 5. The number of nitrogens with zero attached hydrogens (tertiary/aromatic N) is 1. The fraction of sp³-hybridized carbons (Fsp3) is 0.692. The summed E-state index contributed by atoms with van der Waals surface area (Å²) in [5, 5.41) is 8.86. The molecule has 0 saturated carbocycles. The van der Waals surface area contributed by atoms with E-state index in [-0.39, 0.29) is 13.0 Å². The highest BCUT2D eigenvalue weighted by atomic mass is 19.4. The lowest BCUT2D eigenvalue weighted by Gasteiger charge is -2.27. The fourth-order valence-corrected chi connectivity index (χ4v) is 2.21. The standard InChI is InChI=1S/C13H16F3NO3/c1-2-3-4-5-6-10(18)17-8-7-12(9-17,11(19)20)13(14,15)16/h1H,3-9H2,(H,19,20). The molecule has 1 aliphatic rings. The SMILES string of the molecule is C#CCCCCC(=O)N1CCC(C(=O)O)(C(F)(F)F)C1. The van der Waals surface area contributed by atoms with E-state index < -0.39 is 36.4 Å². The summed E-state index contributed by atoms with van der Waals surface area (Å²) in [5.74, 6) is 0.0344. The number of carboxylic acid groups (broad SMARTS) is 1. The smallest absolute Gasteiger partial charge is 0.406 e. The number of amides is 1. The fourth-order valence-electron chi connectivity index (χ4n) is 2.21. The number of alkyl halides is 3. The summed E-state index contributed by atoms with van der Waals surface area (Å²) in [6.07, 6.45) is 1.31. The largest absolute Gasteiger partial charge is 0.481 e. The third-order valence-electron chi connectivity index (χ3n) is 3.54. The van der Waals surface area contributed by atoms with Crippen molar-refractivity contribution in [2.45, 2.75) is 38.3 Å². The van der Waals surface area contributed by atoms with Crippen LogP contribution in [-0.2, 0) is 9.59 Å². The molecule has 4 nitrogen and oxygen atoms in total. The van der Waals surface area contributed by atoms with Gasteiger partial charge in [0.05, 0.1) is 0 Å². The number of likely N-dealkylation sites (tertiary alicyclic amines) is 1. The second-order valence-corrected chi connectivity index (χ2v) is 4.86. The molecule has 1 rings (SSSR count). The number of terminal acetylenes is 1. The maximum absolute atomic E-state index is 12.9. The lowest BCUT2D eigenvalue weighted by atomic mass is 9.86. The molecule has 1 unspecified atom stereocenters. The number of carbonyl (C=O) groups excluding carboxylic acids is 1. The van der Waals surface area contributed by atoms with Crippen molar-refractivity contribution in [1.82, 2.24) is 4.90 Å². The molecule has 0 aliphatic carbocycles. The van der Waals surface area contributed by atoms with Gasteiger partial charge >= 0.3 is 12.1 Å². The zero-order valence-corrected chi connectivity index (χ0v) is 10.9. The minimum absolute atomic E-state index is 0.0925. The summed E-state index contributed by atoms with van der Waals surface area (Å²) in [6.45, 7) is -0.987. The number of hydrogen-bond acceptors (Lipinski definition) is 2. The van der Waals surface area contributed by atoms with E-state index >= 15 is 0 Å². The van der Waals surface area contributed by atoms with Gasteiger partial charge in [0.2, 0.25) is 5.91 Å². The summed E-state index contributed by atoms with van der Waals surface area (Å²) < 4.78 is 38.7. The van der Waals surface area contributed by atoms with Gasteiger partial charge in [0, 0.05) is 25.9 Å². The highest BCUT2D eigenvalue weighted by Gasteiger charge is 2.64. The van der Waals surface area contributed by atoms with Crippen LogP contribution >= 0.6 is 0 Å². The average molecular weight is 291 g/mol. The Morgan fingerprint density at radius 3 is 2.45 bits per heavy atom. The number of carbonyl (C=O) groups is 2. The van der Waals surface area contributed by atoms with Crippen LogP contribution in [0.25, 0.3) is 0 Å². The van der Waals surface area contributed by atoms with Crippen molar-refractivity contribution in [3.05, 3.63) is 0 Å². The van der Waals surface area contributed by atoms with Crippen molar-refractivity contribution in [1.29, 1.82) is 0 Å². The second-order valence-electron chi connectivity index (χ2n) is 4.86. The molecule has 1 fully saturated rings. The maximum Gasteiger partial charge on any atom is 0.406 e. The van der Waals surface area contributed by atoms with Gasteiger partial charge in [-0.25, -0.2) is 0 Å². The van der Waals surface area contributed by atoms with Gasteiger partial charge in [-0.15, -0.1) is 12.3 Å². The molecular weight excluding hydrogens is 275 g/mol. The highest BCUT2D eigenvalue weighted by Crippen LogP contribution is 2.45. The summed E-state index contributed by atoms with van der Waals surface area (Å²) in [6, 6.07) is 0. The van der Waals surface area contributed by atoms with Crippen LogP contribution < -0.4 is 0 Å². The van der Waals surface area contributed by atoms with Gasteiger partial charge in [0.1, 0.15) is 0 Å². The van der Waals surface area contributed by atoms with Gasteiger partial charge < -0.3 is 10.0 Å². The molecular formula is C13H16F3NO3. The predicted molar refractivity (Wildman–Crippen MR) is 64.6 cm³/mol. The lowest BCUT2D eigenvalue weighted by molar-refractivity contribution is -0.227. The second kappa shape index (κ2) is 6.16. The number of carboxylic acids is 1. The quantitative estimate of drug-likeness (QED) is 0.623. The van der Waals surface area contributed by atoms with E-state index in [1.807, 2.05) is 0 Å². The average Bonchev–Trinajstić information content (AvgIpc) is 2.80. The monoisotopic (exact) mass is 291 g/mol. The molecule has 20 heavy (non-hydrogen) atoms. The Morgan fingerprint density at radius 2 is 2.00 bits per heavy atom. The lowest BCUT2D eigenvalue weighted by Crippen LogP contribution is -2.47. The Labute approximate surface area is 114 Å². The molecule has 7 heteroatoms. The van der Waals surface area contributed by atoms with Crippen LogP contribution in [0.1, 0.15) is 32.1 Å². The van der Waals surface area contributed by atoms with Crippen LogP contribution in [0.4, 0.5) is 13.2 Å². The predicted octanol–water partition coefficient (Wildman–Crippen LogP) is 2.05. The zero-order valence-electron chi connectivity index (χ0n) is 10.9. The Kier molecular flexibility index (Phi) is 5.03. The molecule has 0 aromatic heterocycles. The van der Waals surface area contributed by atoms with E-state index in [9.17, 15) is 22.8 Å². The first kappa shape index (κ1) is 16.3. The van der Waals surface area contributed by atoms with Crippen LogP contribution in [0, 0.1) is 17.8 Å². The van der Waals surface area contributed by atoms with Gasteiger partial charge in [0.15, 0.2) is 5.41 Å². The Morgan fingerprint density at radius 1 is 1.35 bits per heavy atom. The van der Waals surface area contributed by atoms with E-state index in [2.05, 4.69) is 5.92 Å². The van der Waals surface area contributed by atoms with Crippen LogP contribution in [0.15, 0.2) is 0 Å². The van der Waals surface area contributed by atoms with Crippen molar-refractivity contribution < 1.29 is 27.9 Å². The van der Waals surface area contributed by atoms with Crippen molar-refractivity contribution in [2.75, 3.05) is 13.1 Å². The van der Waals surface area contributed by atoms with Gasteiger partial charge in [0.25, 0.3) is 0 Å². The van der Waals surface area contributed by atoms with E-state index in [0.717, 1.165) is 4.90 Å². The molecule has 1 aliphatic heterocycles. The van der Waals surface area contributed by atoms with Crippen molar-refractivity contribution in [2.24, 2.45) is 5.41 Å². The van der Waals surface area contributed by atoms with Crippen LogP contribution in [-0.4, -0.2) is 41.1 Å². The summed E-state index contributed by atoms with van der Waals surface area (Å²) in [5.41, 5.74) is -2.83. The Bertz CT molecular complexity index is 428. The molecule has 1 amide bonds. The highest BCUT2D eigenvalue weighted by molar-refractivity contribution is 5.81. The molecule has 112 valence electrons. The normalized spacial score (nSPS) is 22.6. The minimum Gasteiger partial charge on any atom is -0.481 e. The first-order chi connectivity index (χ1) is 9.24. The van der Waals surface area contributed by atoms with Gasteiger partial charge in [-0.1, -0.05) is 0 Å². The molecule has 0 spiro atoms. The third kappa shape index (κ3) is 3.24. The van der Waals surface area contributed by atoms with Crippen LogP contribution in [0.2, 0.25) is 0 Å². The number of aliphatic carboxylic acids is 1. The molecule has 1 heterocycles. The first-order valence-corrected chi connectivity index (χ1v) is 6.26. The molecule has 0 aromatic carbocycles. The van der Waals surface area contributed by atoms with Gasteiger partial charge in [-0.2, -0.15) is 13.2 Å². The number of halogens is 3. The molecule has 1 saturated heterocycles. The summed E-state index contributed by atoms with van der Waals surface area (Å²) in [4.78, 5) is 23.7. The van der Waals surface area contributed by atoms with E-state index in [4.69, 9.17) is 11.5 Å². The Balaban J connectivity index is 2.63. The van der Waals surface area contributed by atoms with Crippen molar-refractivity contribution in [3.8, 4) is 12.3 Å². The topological polar surface area (TPSA) is 57.6 Å². The van der Waals surface area contributed by atoms with E-state index in [1.165, 1.54) is 0 Å². The van der Waals surface area contributed by atoms with Crippen LogP contribution in [0.3, 0.4) is 0 Å².